The zero-order chi connectivity index (χ0) is 18.8. The van der Waals surface area contributed by atoms with Gasteiger partial charge in [-0.2, -0.15) is 0 Å². The number of aliphatic hydroxyl groups excluding tert-OH is 1. The average molecular weight is 353 g/mol. The lowest BCUT2D eigenvalue weighted by molar-refractivity contribution is -0.645. The van der Waals surface area contributed by atoms with Crippen LogP contribution in [-0.2, 0) is 20.0 Å². The lowest BCUT2D eigenvalue weighted by Crippen LogP contribution is -2.27. The van der Waals surface area contributed by atoms with Crippen LogP contribution in [0.5, 0.6) is 5.75 Å². The Morgan fingerprint density at radius 3 is 2.54 bits per heavy atom. The minimum atomic E-state index is -0.571. The molecule has 26 heavy (non-hydrogen) atoms. The van der Waals surface area contributed by atoms with Crippen LogP contribution in [0.25, 0.3) is 11.0 Å². The molecule has 0 saturated heterocycles. The zero-order valence-electron chi connectivity index (χ0n) is 16.4. The fourth-order valence-corrected chi connectivity index (χ4v) is 3.36. The maximum absolute atomic E-state index is 10.5. The predicted molar refractivity (Wildman–Crippen MR) is 105 cm³/mol. The Labute approximate surface area is 155 Å². The van der Waals surface area contributed by atoms with Crippen molar-refractivity contribution < 1.29 is 14.4 Å². The Morgan fingerprint density at radius 2 is 1.81 bits per heavy atom. The third-order valence-corrected chi connectivity index (χ3v) is 4.96. The van der Waals surface area contributed by atoms with Crippen molar-refractivity contribution in [3.05, 3.63) is 58.9 Å². The van der Waals surface area contributed by atoms with Crippen LogP contribution in [0.1, 0.15) is 29.2 Å². The summed E-state index contributed by atoms with van der Waals surface area (Å²) < 4.78 is 10.1. The van der Waals surface area contributed by atoms with Crippen molar-refractivity contribution in [2.75, 3.05) is 6.61 Å². The number of aliphatic hydroxyl groups is 1. The van der Waals surface area contributed by atoms with E-state index in [0.717, 1.165) is 17.7 Å². The zero-order valence-corrected chi connectivity index (χ0v) is 16.4. The van der Waals surface area contributed by atoms with Crippen molar-refractivity contribution in [1.82, 2.24) is 4.57 Å². The van der Waals surface area contributed by atoms with E-state index in [-0.39, 0.29) is 6.61 Å². The molecule has 0 amide bonds. The van der Waals surface area contributed by atoms with Crippen LogP contribution in [0.4, 0.5) is 0 Å². The van der Waals surface area contributed by atoms with Gasteiger partial charge in [-0.25, -0.2) is 9.13 Å². The third kappa shape index (κ3) is 3.91. The third-order valence-electron chi connectivity index (χ3n) is 4.96. The largest absolute Gasteiger partial charge is 0.491 e. The number of rotatable bonds is 6. The van der Waals surface area contributed by atoms with Gasteiger partial charge in [0.25, 0.3) is 0 Å². The van der Waals surface area contributed by atoms with Crippen molar-refractivity contribution in [2.24, 2.45) is 7.05 Å². The van der Waals surface area contributed by atoms with Crippen molar-refractivity contribution in [3.63, 3.8) is 0 Å². The van der Waals surface area contributed by atoms with E-state index in [4.69, 9.17) is 4.74 Å². The van der Waals surface area contributed by atoms with Gasteiger partial charge in [0.1, 0.15) is 25.0 Å². The molecule has 0 radical (unpaired) electrons. The maximum atomic E-state index is 10.5. The van der Waals surface area contributed by atoms with Crippen molar-refractivity contribution in [3.8, 4) is 5.75 Å². The van der Waals surface area contributed by atoms with Crippen molar-refractivity contribution in [1.29, 1.82) is 0 Å². The molecular formula is C22H29N2O2+. The lowest BCUT2D eigenvalue weighted by atomic mass is 10.1. The van der Waals surface area contributed by atoms with Gasteiger partial charge in [-0.1, -0.05) is 13.0 Å². The van der Waals surface area contributed by atoms with Crippen LogP contribution >= 0.6 is 0 Å². The molecule has 1 aromatic heterocycles. The van der Waals surface area contributed by atoms with Gasteiger partial charge in [0.05, 0.1) is 7.05 Å². The molecule has 0 aliphatic carbocycles. The van der Waals surface area contributed by atoms with E-state index in [0.29, 0.717) is 6.54 Å². The molecule has 0 saturated carbocycles. The van der Waals surface area contributed by atoms with E-state index in [9.17, 15) is 5.11 Å². The van der Waals surface area contributed by atoms with Gasteiger partial charge in [-0.3, -0.25) is 0 Å². The smallest absolute Gasteiger partial charge is 0.244 e. The second-order valence-corrected chi connectivity index (χ2v) is 7.28. The summed E-state index contributed by atoms with van der Waals surface area (Å²) >= 11 is 0. The molecule has 1 atom stereocenters. The molecule has 1 heterocycles. The number of aryl methyl sites for hydroxylation is 5. The molecule has 3 aromatic rings. The summed E-state index contributed by atoms with van der Waals surface area (Å²) in [7, 11) is 2.04. The number of hydrogen-bond acceptors (Lipinski definition) is 2. The first-order chi connectivity index (χ1) is 12.4. The Bertz CT molecular complexity index is 928. The first kappa shape index (κ1) is 18.5. The molecule has 0 aliphatic rings. The lowest BCUT2D eigenvalue weighted by Gasteiger charge is -2.12. The van der Waals surface area contributed by atoms with Crippen LogP contribution in [0, 0.1) is 20.8 Å². The Hall–Kier alpha value is -2.33. The monoisotopic (exact) mass is 353 g/mol. The average Bonchev–Trinajstić information content (AvgIpc) is 2.88. The van der Waals surface area contributed by atoms with Gasteiger partial charge in [-0.05, 0) is 73.7 Å². The number of benzene rings is 2. The summed E-state index contributed by atoms with van der Waals surface area (Å²) in [4.78, 5) is 0. The Morgan fingerprint density at radius 1 is 1.08 bits per heavy atom. The Balaban J connectivity index is 1.72. The molecule has 1 N–H and O–H groups in total. The van der Waals surface area contributed by atoms with Gasteiger partial charge >= 0.3 is 0 Å². The summed E-state index contributed by atoms with van der Waals surface area (Å²) in [6.07, 6.45) is 2.44. The standard InChI is InChI=1S/C22H29N2O2/c1-6-18-7-15(2)8-20(11-18)26-13-19(25)12-24-14-23(5)21-9-16(3)17(4)10-22(21)24/h7-11,14,19,25H,6,12-13H2,1-5H3/q+1/t19-/m0/s1. The molecule has 0 bridgehead atoms. The summed E-state index contributed by atoms with van der Waals surface area (Å²) in [5.74, 6) is 0.829. The van der Waals surface area contributed by atoms with Crippen LogP contribution in [-0.4, -0.2) is 22.4 Å². The second-order valence-electron chi connectivity index (χ2n) is 7.28. The normalized spacial score (nSPS) is 12.5. The fourth-order valence-electron chi connectivity index (χ4n) is 3.36. The van der Waals surface area contributed by atoms with Crippen LogP contribution < -0.4 is 9.30 Å². The summed E-state index contributed by atoms with van der Waals surface area (Å²) in [5.41, 5.74) is 7.29. The molecule has 4 heteroatoms. The van der Waals surface area contributed by atoms with Gasteiger partial charge in [-0.15, -0.1) is 0 Å². The number of ether oxygens (including phenoxy) is 1. The highest BCUT2D eigenvalue weighted by Crippen LogP contribution is 2.19. The molecular weight excluding hydrogens is 324 g/mol. The van der Waals surface area contributed by atoms with Gasteiger partial charge in [0.2, 0.25) is 6.33 Å². The summed E-state index contributed by atoms with van der Waals surface area (Å²) in [6, 6.07) is 10.6. The van der Waals surface area contributed by atoms with Crippen molar-refractivity contribution in [2.45, 2.75) is 46.8 Å². The number of fused-ring (bicyclic) bond motifs is 1. The van der Waals surface area contributed by atoms with E-state index in [1.807, 2.05) is 19.4 Å². The van der Waals surface area contributed by atoms with E-state index in [1.165, 1.54) is 27.8 Å². The predicted octanol–water partition coefficient (Wildman–Crippen LogP) is 3.39. The van der Waals surface area contributed by atoms with E-state index < -0.39 is 6.10 Å². The van der Waals surface area contributed by atoms with E-state index in [1.54, 1.807) is 0 Å². The molecule has 4 nitrogen and oxygen atoms in total. The minimum Gasteiger partial charge on any atom is -0.491 e. The molecule has 138 valence electrons. The molecule has 0 fully saturated rings. The maximum Gasteiger partial charge on any atom is 0.244 e. The number of imidazole rings is 1. The fraction of sp³-hybridized carbons (Fsp3) is 0.409. The molecule has 0 spiro atoms. The van der Waals surface area contributed by atoms with Gasteiger partial charge in [0.15, 0.2) is 11.0 Å². The van der Waals surface area contributed by atoms with Crippen molar-refractivity contribution >= 4 is 11.0 Å². The van der Waals surface area contributed by atoms with Crippen LogP contribution in [0.3, 0.4) is 0 Å². The highest BCUT2D eigenvalue weighted by molar-refractivity contribution is 5.74. The quantitative estimate of drug-likeness (QED) is 0.690. The first-order valence-corrected chi connectivity index (χ1v) is 9.24. The van der Waals surface area contributed by atoms with Crippen LogP contribution in [0.15, 0.2) is 36.7 Å². The second kappa shape index (κ2) is 7.50. The first-order valence-electron chi connectivity index (χ1n) is 9.24. The van der Waals surface area contributed by atoms with E-state index in [2.05, 4.69) is 61.1 Å². The summed E-state index contributed by atoms with van der Waals surface area (Å²) in [5, 5.41) is 10.5. The number of aromatic nitrogens is 2. The highest BCUT2D eigenvalue weighted by atomic mass is 16.5. The van der Waals surface area contributed by atoms with E-state index >= 15 is 0 Å². The van der Waals surface area contributed by atoms with Gasteiger partial charge < -0.3 is 9.84 Å². The number of nitrogens with zero attached hydrogens (tertiary/aromatic N) is 2. The SMILES string of the molecule is CCc1cc(C)cc(OC[C@@H](O)Cn2c[n+](C)c3cc(C)c(C)cc32)c1. The topological polar surface area (TPSA) is 38.3 Å². The molecule has 2 aromatic carbocycles. The molecule has 3 rings (SSSR count). The molecule has 0 aliphatic heterocycles. The van der Waals surface area contributed by atoms with Crippen LogP contribution in [0.2, 0.25) is 0 Å². The highest BCUT2D eigenvalue weighted by Gasteiger charge is 2.18. The minimum absolute atomic E-state index is 0.279. The van der Waals surface area contributed by atoms with Gasteiger partial charge in [0, 0.05) is 0 Å². The molecule has 0 unspecified atom stereocenters. The Kier molecular flexibility index (Phi) is 5.33. The summed E-state index contributed by atoms with van der Waals surface area (Å²) in [6.45, 7) is 9.23. The number of hydrogen-bond donors (Lipinski definition) is 1.